The highest BCUT2D eigenvalue weighted by Crippen LogP contribution is 2.30. The number of nitrogens with zero attached hydrogens (tertiary/aromatic N) is 3. The Kier molecular flexibility index (Phi) is 3.68. The molecule has 0 amide bonds. The van der Waals surface area contributed by atoms with Crippen LogP contribution >= 0.6 is 11.8 Å². The zero-order valence-corrected chi connectivity index (χ0v) is 14.3. The highest BCUT2D eigenvalue weighted by Gasteiger charge is 2.17. The molecule has 3 aromatic rings. The highest BCUT2D eigenvalue weighted by molar-refractivity contribution is 8.00. The SMILES string of the molecule is CC(=O)[C@H](C)Sc1nnc2cc(C)c3cc(C)cc(C)c3n12. The number of thioether (sulfide) groups is 1. The summed E-state index contributed by atoms with van der Waals surface area (Å²) < 4.78 is 2.07. The minimum atomic E-state index is -0.130. The van der Waals surface area contributed by atoms with E-state index in [1.165, 1.54) is 33.8 Å². The molecular weight excluding hydrogens is 294 g/mol. The second kappa shape index (κ2) is 5.39. The Hall–Kier alpha value is -1.88. The summed E-state index contributed by atoms with van der Waals surface area (Å²) in [5.41, 5.74) is 5.59. The maximum atomic E-state index is 11.6. The Bertz CT molecular complexity index is 898. The van der Waals surface area contributed by atoms with E-state index in [0.29, 0.717) is 0 Å². The van der Waals surface area contributed by atoms with Crippen LogP contribution < -0.4 is 0 Å². The monoisotopic (exact) mass is 313 g/mol. The van der Waals surface area contributed by atoms with Crippen LogP contribution in [0.25, 0.3) is 16.6 Å². The van der Waals surface area contributed by atoms with Gasteiger partial charge in [-0.15, -0.1) is 10.2 Å². The van der Waals surface area contributed by atoms with Gasteiger partial charge in [-0.25, -0.2) is 0 Å². The van der Waals surface area contributed by atoms with Crippen LogP contribution in [0.15, 0.2) is 23.4 Å². The van der Waals surface area contributed by atoms with Gasteiger partial charge in [0, 0.05) is 5.39 Å². The first-order chi connectivity index (χ1) is 10.4. The highest BCUT2D eigenvalue weighted by atomic mass is 32.2. The molecule has 1 aromatic carbocycles. The van der Waals surface area contributed by atoms with Crippen molar-refractivity contribution in [1.82, 2.24) is 14.6 Å². The largest absolute Gasteiger partial charge is 0.299 e. The summed E-state index contributed by atoms with van der Waals surface area (Å²) in [7, 11) is 0. The molecule has 0 fully saturated rings. The first kappa shape index (κ1) is 15.0. The molecule has 0 saturated heterocycles. The number of hydrogen-bond donors (Lipinski definition) is 0. The number of pyridine rings is 1. The number of aromatic nitrogens is 3. The predicted octanol–water partition coefficient (Wildman–Crippen LogP) is 3.88. The number of rotatable bonds is 3. The third-order valence-corrected chi connectivity index (χ3v) is 5.11. The number of carbonyl (C=O) groups is 1. The smallest absolute Gasteiger partial charge is 0.196 e. The number of ketones is 1. The number of Topliss-reactive ketones (excluding diaryl/α,β-unsaturated/α-hetero) is 1. The summed E-state index contributed by atoms with van der Waals surface area (Å²) >= 11 is 1.46. The summed E-state index contributed by atoms with van der Waals surface area (Å²) in [4.78, 5) is 11.6. The van der Waals surface area contributed by atoms with E-state index in [0.717, 1.165) is 16.3 Å². The van der Waals surface area contributed by atoms with Gasteiger partial charge in [-0.2, -0.15) is 0 Å². The molecule has 4 nitrogen and oxygen atoms in total. The normalized spacial score (nSPS) is 13.0. The number of hydrogen-bond acceptors (Lipinski definition) is 4. The molecule has 0 bridgehead atoms. The van der Waals surface area contributed by atoms with E-state index in [1.807, 2.05) is 6.92 Å². The van der Waals surface area contributed by atoms with Gasteiger partial charge in [-0.05, 0) is 57.9 Å². The second-order valence-corrected chi connectivity index (χ2v) is 7.16. The molecule has 0 aliphatic heterocycles. The van der Waals surface area contributed by atoms with Crippen LogP contribution in [0.2, 0.25) is 0 Å². The predicted molar refractivity (Wildman–Crippen MR) is 90.7 cm³/mol. The van der Waals surface area contributed by atoms with Gasteiger partial charge in [0.05, 0.1) is 10.8 Å². The Labute approximate surface area is 133 Å². The summed E-state index contributed by atoms with van der Waals surface area (Å²) in [6.07, 6.45) is 0. The summed E-state index contributed by atoms with van der Waals surface area (Å²) in [6.45, 7) is 9.83. The van der Waals surface area contributed by atoms with Crippen molar-refractivity contribution in [2.24, 2.45) is 0 Å². The molecule has 0 aliphatic rings. The first-order valence-corrected chi connectivity index (χ1v) is 8.19. The Balaban J connectivity index is 2.33. The van der Waals surface area contributed by atoms with E-state index in [9.17, 15) is 4.79 Å². The molecule has 0 radical (unpaired) electrons. The molecule has 0 aliphatic carbocycles. The van der Waals surface area contributed by atoms with Crippen molar-refractivity contribution >= 4 is 34.1 Å². The molecule has 1 atom stereocenters. The maximum Gasteiger partial charge on any atom is 0.196 e. The Morgan fingerprint density at radius 1 is 1.14 bits per heavy atom. The first-order valence-electron chi connectivity index (χ1n) is 7.31. The number of fused-ring (bicyclic) bond motifs is 3. The summed E-state index contributed by atoms with van der Waals surface area (Å²) in [6, 6.07) is 6.42. The summed E-state index contributed by atoms with van der Waals surface area (Å²) in [5, 5.41) is 10.4. The standard InChI is InChI=1S/C17H19N3OS/c1-9-6-11(3)16-14(7-9)10(2)8-15-18-19-17(20(15)16)22-13(5)12(4)21/h6-8,13H,1-5H3/t13-/m0/s1. The topological polar surface area (TPSA) is 47.3 Å². The van der Waals surface area contributed by atoms with Crippen LogP contribution in [0.5, 0.6) is 0 Å². The van der Waals surface area contributed by atoms with Crippen LogP contribution in [0.3, 0.4) is 0 Å². The third kappa shape index (κ3) is 2.39. The van der Waals surface area contributed by atoms with Gasteiger partial charge in [-0.1, -0.05) is 23.4 Å². The van der Waals surface area contributed by atoms with Gasteiger partial charge in [-0.3, -0.25) is 9.20 Å². The number of aryl methyl sites for hydroxylation is 3. The van der Waals surface area contributed by atoms with Crippen LogP contribution in [0, 0.1) is 20.8 Å². The Morgan fingerprint density at radius 2 is 1.86 bits per heavy atom. The molecule has 0 saturated carbocycles. The fraction of sp³-hybridized carbons (Fsp3) is 0.353. The minimum Gasteiger partial charge on any atom is -0.299 e. The maximum absolute atomic E-state index is 11.6. The lowest BCUT2D eigenvalue weighted by molar-refractivity contribution is -0.116. The van der Waals surface area contributed by atoms with Crippen LogP contribution in [-0.2, 0) is 4.79 Å². The van der Waals surface area contributed by atoms with Crippen LogP contribution in [-0.4, -0.2) is 25.6 Å². The number of benzene rings is 1. The lowest BCUT2D eigenvalue weighted by Gasteiger charge is -2.12. The van der Waals surface area contributed by atoms with E-state index < -0.39 is 0 Å². The molecule has 0 N–H and O–H groups in total. The minimum absolute atomic E-state index is 0.130. The van der Waals surface area contributed by atoms with Crippen LogP contribution in [0.1, 0.15) is 30.5 Å². The fourth-order valence-electron chi connectivity index (χ4n) is 2.73. The van der Waals surface area contributed by atoms with Gasteiger partial charge >= 0.3 is 0 Å². The van der Waals surface area contributed by atoms with Crippen molar-refractivity contribution in [3.05, 3.63) is 34.9 Å². The Morgan fingerprint density at radius 3 is 2.55 bits per heavy atom. The average molecular weight is 313 g/mol. The third-order valence-electron chi connectivity index (χ3n) is 3.95. The fourth-order valence-corrected chi connectivity index (χ4v) is 3.59. The number of carbonyl (C=O) groups excluding carboxylic acids is 1. The molecule has 5 heteroatoms. The molecule has 2 heterocycles. The van der Waals surface area contributed by atoms with Gasteiger partial charge in [0.25, 0.3) is 0 Å². The van der Waals surface area contributed by atoms with Crippen molar-refractivity contribution in [3.8, 4) is 0 Å². The van der Waals surface area contributed by atoms with E-state index in [2.05, 4.69) is 53.6 Å². The molecule has 2 aromatic heterocycles. The van der Waals surface area contributed by atoms with E-state index in [1.54, 1.807) is 6.92 Å². The van der Waals surface area contributed by atoms with Crippen molar-refractivity contribution in [2.75, 3.05) is 0 Å². The zero-order chi connectivity index (χ0) is 16.0. The molecular formula is C17H19N3OS. The van der Waals surface area contributed by atoms with Gasteiger partial charge < -0.3 is 0 Å². The zero-order valence-electron chi connectivity index (χ0n) is 13.5. The molecule has 22 heavy (non-hydrogen) atoms. The van der Waals surface area contributed by atoms with Gasteiger partial charge in [0.2, 0.25) is 0 Å². The van der Waals surface area contributed by atoms with Crippen molar-refractivity contribution in [2.45, 2.75) is 45.0 Å². The van der Waals surface area contributed by atoms with Gasteiger partial charge in [0.1, 0.15) is 5.78 Å². The molecule has 0 spiro atoms. The van der Waals surface area contributed by atoms with E-state index in [-0.39, 0.29) is 11.0 Å². The molecule has 3 rings (SSSR count). The lowest BCUT2D eigenvalue weighted by Crippen LogP contribution is -2.09. The van der Waals surface area contributed by atoms with Crippen molar-refractivity contribution < 1.29 is 4.79 Å². The second-order valence-electron chi connectivity index (χ2n) is 5.85. The van der Waals surface area contributed by atoms with Gasteiger partial charge in [0.15, 0.2) is 10.8 Å². The average Bonchev–Trinajstić information content (AvgIpc) is 2.81. The van der Waals surface area contributed by atoms with Crippen molar-refractivity contribution in [1.29, 1.82) is 0 Å². The van der Waals surface area contributed by atoms with Crippen LogP contribution in [0.4, 0.5) is 0 Å². The quantitative estimate of drug-likeness (QED) is 0.689. The molecule has 114 valence electrons. The summed E-state index contributed by atoms with van der Waals surface area (Å²) in [5.74, 6) is 0.144. The lowest BCUT2D eigenvalue weighted by atomic mass is 10.0. The van der Waals surface area contributed by atoms with Crippen molar-refractivity contribution in [3.63, 3.8) is 0 Å². The molecule has 0 unspecified atom stereocenters. The van der Waals surface area contributed by atoms with E-state index in [4.69, 9.17) is 0 Å². The van der Waals surface area contributed by atoms with E-state index >= 15 is 0 Å².